The summed E-state index contributed by atoms with van der Waals surface area (Å²) in [6.45, 7) is 3.68. The lowest BCUT2D eigenvalue weighted by Gasteiger charge is -2.24. The molecule has 2 atom stereocenters. The van der Waals surface area contributed by atoms with Crippen LogP contribution in [0, 0.1) is 23.5 Å². The lowest BCUT2D eigenvalue weighted by atomic mass is 9.92. The number of ether oxygens (including phenoxy) is 1. The first-order valence-electron chi connectivity index (χ1n) is 7.84. The number of carbonyl (C=O) groups is 1. The van der Waals surface area contributed by atoms with Gasteiger partial charge in [-0.1, -0.05) is 13.0 Å². The van der Waals surface area contributed by atoms with Crippen molar-refractivity contribution >= 4 is 5.91 Å². The normalized spacial score (nSPS) is 28.4. The highest BCUT2D eigenvalue weighted by Crippen LogP contribution is 2.54. The minimum atomic E-state index is -0.573. The summed E-state index contributed by atoms with van der Waals surface area (Å²) in [5.41, 5.74) is 0.118. The molecular weight excluding hydrogens is 288 g/mol. The van der Waals surface area contributed by atoms with E-state index in [9.17, 15) is 13.6 Å². The number of hydrogen-bond acceptors (Lipinski definition) is 2. The van der Waals surface area contributed by atoms with E-state index in [4.69, 9.17) is 4.74 Å². The van der Waals surface area contributed by atoms with Gasteiger partial charge in [0.15, 0.2) is 0 Å². The number of carbonyl (C=O) groups excluding carboxylic acids is 1. The topological polar surface area (TPSA) is 38.3 Å². The van der Waals surface area contributed by atoms with E-state index in [1.807, 2.05) is 6.92 Å². The van der Waals surface area contributed by atoms with Crippen molar-refractivity contribution < 1.29 is 18.3 Å². The summed E-state index contributed by atoms with van der Waals surface area (Å²) in [6.07, 6.45) is 2.28. The average Bonchev–Trinajstić information content (AvgIpc) is 3.17. The van der Waals surface area contributed by atoms with Crippen LogP contribution >= 0.6 is 0 Å². The highest BCUT2D eigenvalue weighted by molar-refractivity contribution is 5.79. The molecule has 1 aliphatic heterocycles. The number of rotatable bonds is 4. The Morgan fingerprint density at radius 1 is 1.36 bits per heavy atom. The van der Waals surface area contributed by atoms with Crippen molar-refractivity contribution in [1.82, 2.24) is 5.32 Å². The van der Waals surface area contributed by atoms with E-state index < -0.39 is 17.0 Å². The Bertz CT molecular complexity index is 572. The summed E-state index contributed by atoms with van der Waals surface area (Å²) < 4.78 is 32.4. The molecule has 3 rings (SSSR count). The zero-order chi connectivity index (χ0) is 15.7. The lowest BCUT2D eigenvalue weighted by Crippen LogP contribution is -2.39. The van der Waals surface area contributed by atoms with Gasteiger partial charge in [0.1, 0.15) is 11.6 Å². The quantitative estimate of drug-likeness (QED) is 0.929. The smallest absolute Gasteiger partial charge is 0.223 e. The standard InChI is InChI=1S/C17H21F2NO2/c1-11-9-17(11,14-3-2-13(18)8-15(14)19)10-20-16(21)12-4-6-22-7-5-12/h2-3,8,11-12H,4-7,9-10H2,1H3,(H,20,21). The molecule has 1 saturated heterocycles. The van der Waals surface area contributed by atoms with Gasteiger partial charge in [0.25, 0.3) is 0 Å². The van der Waals surface area contributed by atoms with Crippen molar-refractivity contribution in [3.05, 3.63) is 35.4 Å². The minimum Gasteiger partial charge on any atom is -0.381 e. The molecule has 1 saturated carbocycles. The van der Waals surface area contributed by atoms with Crippen molar-refractivity contribution in [2.75, 3.05) is 19.8 Å². The van der Waals surface area contributed by atoms with Crippen LogP contribution in [0.3, 0.4) is 0 Å². The Labute approximate surface area is 129 Å². The van der Waals surface area contributed by atoms with Gasteiger partial charge in [-0.3, -0.25) is 4.79 Å². The molecule has 3 nitrogen and oxygen atoms in total. The molecule has 22 heavy (non-hydrogen) atoms. The summed E-state index contributed by atoms with van der Waals surface area (Å²) in [5.74, 6) is -0.815. The molecule has 1 aromatic carbocycles. The first-order valence-corrected chi connectivity index (χ1v) is 7.84. The summed E-state index contributed by atoms with van der Waals surface area (Å²) in [7, 11) is 0. The number of amides is 1. The van der Waals surface area contributed by atoms with Crippen LogP contribution in [0.2, 0.25) is 0 Å². The zero-order valence-corrected chi connectivity index (χ0v) is 12.7. The van der Waals surface area contributed by atoms with Crippen LogP contribution in [0.4, 0.5) is 8.78 Å². The van der Waals surface area contributed by atoms with Crippen LogP contribution in [-0.4, -0.2) is 25.7 Å². The van der Waals surface area contributed by atoms with E-state index in [-0.39, 0.29) is 17.7 Å². The third-order valence-electron chi connectivity index (χ3n) is 5.09. The van der Waals surface area contributed by atoms with E-state index in [1.54, 1.807) is 0 Å². The van der Waals surface area contributed by atoms with Gasteiger partial charge < -0.3 is 10.1 Å². The van der Waals surface area contributed by atoms with Gasteiger partial charge in [-0.05, 0) is 36.8 Å². The van der Waals surface area contributed by atoms with Crippen molar-refractivity contribution in [3.63, 3.8) is 0 Å². The highest BCUT2D eigenvalue weighted by atomic mass is 19.1. The fraction of sp³-hybridized carbons (Fsp3) is 0.588. The molecule has 2 aliphatic rings. The van der Waals surface area contributed by atoms with Crippen LogP contribution in [0.15, 0.2) is 18.2 Å². The van der Waals surface area contributed by atoms with Crippen molar-refractivity contribution in [2.24, 2.45) is 11.8 Å². The molecule has 1 N–H and O–H groups in total. The first kappa shape index (κ1) is 15.4. The molecule has 0 spiro atoms. The fourth-order valence-electron chi connectivity index (χ4n) is 3.45. The minimum absolute atomic E-state index is 0.0158. The molecule has 5 heteroatoms. The van der Waals surface area contributed by atoms with Gasteiger partial charge in [0.05, 0.1) is 0 Å². The Morgan fingerprint density at radius 3 is 2.64 bits per heavy atom. The molecular formula is C17H21F2NO2. The molecule has 1 amide bonds. The second-order valence-electron chi connectivity index (χ2n) is 6.49. The average molecular weight is 309 g/mol. The third kappa shape index (κ3) is 2.86. The highest BCUT2D eigenvalue weighted by Gasteiger charge is 2.53. The van der Waals surface area contributed by atoms with Crippen LogP contribution in [0.5, 0.6) is 0 Å². The summed E-state index contributed by atoms with van der Waals surface area (Å²) in [4.78, 5) is 12.2. The molecule has 2 unspecified atom stereocenters. The van der Waals surface area contributed by atoms with Crippen LogP contribution in [-0.2, 0) is 14.9 Å². The van der Waals surface area contributed by atoms with Gasteiger partial charge in [0.2, 0.25) is 5.91 Å². The van der Waals surface area contributed by atoms with Crippen molar-refractivity contribution in [2.45, 2.75) is 31.6 Å². The van der Waals surface area contributed by atoms with Gasteiger partial charge >= 0.3 is 0 Å². The maximum atomic E-state index is 14.1. The Balaban J connectivity index is 1.68. The van der Waals surface area contributed by atoms with E-state index in [2.05, 4.69) is 5.32 Å². The maximum absolute atomic E-state index is 14.1. The molecule has 1 heterocycles. The predicted octanol–water partition coefficient (Wildman–Crippen LogP) is 2.79. The molecule has 1 aliphatic carbocycles. The Kier molecular flexibility index (Phi) is 4.17. The monoisotopic (exact) mass is 309 g/mol. The maximum Gasteiger partial charge on any atom is 0.223 e. The van der Waals surface area contributed by atoms with E-state index in [1.165, 1.54) is 12.1 Å². The van der Waals surface area contributed by atoms with Gasteiger partial charge in [-0.25, -0.2) is 8.78 Å². The van der Waals surface area contributed by atoms with Gasteiger partial charge in [-0.15, -0.1) is 0 Å². The number of nitrogens with one attached hydrogen (secondary N) is 1. The Morgan fingerprint density at radius 2 is 2.05 bits per heavy atom. The lowest BCUT2D eigenvalue weighted by molar-refractivity contribution is -0.127. The first-order chi connectivity index (χ1) is 10.5. The molecule has 0 aromatic heterocycles. The van der Waals surface area contributed by atoms with Crippen LogP contribution < -0.4 is 5.32 Å². The second-order valence-corrected chi connectivity index (χ2v) is 6.49. The van der Waals surface area contributed by atoms with E-state index in [0.717, 1.165) is 25.3 Å². The Hall–Kier alpha value is -1.49. The number of hydrogen-bond donors (Lipinski definition) is 1. The van der Waals surface area contributed by atoms with Crippen LogP contribution in [0.25, 0.3) is 0 Å². The van der Waals surface area contributed by atoms with Crippen molar-refractivity contribution in [3.8, 4) is 0 Å². The molecule has 2 fully saturated rings. The second kappa shape index (κ2) is 5.95. The molecule has 0 radical (unpaired) electrons. The summed E-state index contributed by atoms with van der Waals surface area (Å²) in [5, 5.41) is 2.97. The third-order valence-corrected chi connectivity index (χ3v) is 5.09. The van der Waals surface area contributed by atoms with Crippen molar-refractivity contribution in [1.29, 1.82) is 0 Å². The van der Waals surface area contributed by atoms with Gasteiger partial charge in [-0.2, -0.15) is 0 Å². The predicted molar refractivity (Wildman–Crippen MR) is 78.4 cm³/mol. The molecule has 0 bridgehead atoms. The molecule has 1 aromatic rings. The zero-order valence-electron chi connectivity index (χ0n) is 12.7. The summed E-state index contributed by atoms with van der Waals surface area (Å²) in [6, 6.07) is 3.71. The SMILES string of the molecule is CC1CC1(CNC(=O)C1CCOCC1)c1ccc(F)cc1F. The number of benzene rings is 1. The van der Waals surface area contributed by atoms with Gasteiger partial charge in [0, 0.05) is 37.2 Å². The fourth-order valence-corrected chi connectivity index (χ4v) is 3.45. The summed E-state index contributed by atoms with van der Waals surface area (Å²) >= 11 is 0. The largest absolute Gasteiger partial charge is 0.381 e. The van der Waals surface area contributed by atoms with E-state index >= 15 is 0 Å². The van der Waals surface area contributed by atoms with E-state index in [0.29, 0.717) is 25.3 Å². The van der Waals surface area contributed by atoms with Crippen LogP contribution in [0.1, 0.15) is 31.7 Å². The molecule has 120 valence electrons. The number of halogens is 2.